The molecule has 2 fully saturated rings. The van der Waals surface area contributed by atoms with Gasteiger partial charge in [0.2, 0.25) is 5.91 Å². The van der Waals surface area contributed by atoms with Gasteiger partial charge in [0, 0.05) is 37.7 Å². The predicted molar refractivity (Wildman–Crippen MR) is 80.9 cm³/mol. The summed E-state index contributed by atoms with van der Waals surface area (Å²) in [4.78, 5) is 28.6. The molecule has 3 rings (SSSR count). The fourth-order valence-electron chi connectivity index (χ4n) is 3.29. The first-order valence-corrected chi connectivity index (χ1v) is 7.89. The van der Waals surface area contributed by atoms with Crippen LogP contribution in [0.25, 0.3) is 0 Å². The number of carbonyl (C=O) groups is 2. The molecule has 4 nitrogen and oxygen atoms in total. The highest BCUT2D eigenvalue weighted by Gasteiger charge is 2.31. The molecule has 112 valence electrons. The van der Waals surface area contributed by atoms with Gasteiger partial charge < -0.3 is 9.80 Å². The van der Waals surface area contributed by atoms with Crippen LogP contribution in [0.1, 0.15) is 36.0 Å². The second-order valence-electron chi connectivity index (χ2n) is 5.96. The number of piperidine rings is 1. The summed E-state index contributed by atoms with van der Waals surface area (Å²) in [5.74, 6) is 0.505. The fraction of sp³-hybridized carbons (Fsp3) is 0.529. The molecule has 0 aliphatic carbocycles. The molecule has 21 heavy (non-hydrogen) atoms. The SMILES string of the molecule is O=C(c1ccccc1)N1CCC(C(=O)N2CCCC2)CC1. The van der Waals surface area contributed by atoms with Crippen LogP contribution in [0.4, 0.5) is 0 Å². The van der Waals surface area contributed by atoms with Crippen LogP contribution in [0.3, 0.4) is 0 Å². The molecular formula is C17H22N2O2. The van der Waals surface area contributed by atoms with Gasteiger partial charge in [0.1, 0.15) is 0 Å². The maximum atomic E-state index is 12.4. The summed E-state index contributed by atoms with van der Waals surface area (Å²) in [6.45, 7) is 3.22. The molecule has 0 spiro atoms. The number of hydrogen-bond donors (Lipinski definition) is 0. The third-order valence-corrected chi connectivity index (χ3v) is 4.57. The van der Waals surface area contributed by atoms with Gasteiger partial charge in [-0.15, -0.1) is 0 Å². The fourth-order valence-corrected chi connectivity index (χ4v) is 3.29. The molecular weight excluding hydrogens is 264 g/mol. The highest BCUT2D eigenvalue weighted by molar-refractivity contribution is 5.94. The second-order valence-corrected chi connectivity index (χ2v) is 5.96. The Bertz CT molecular complexity index is 501. The Morgan fingerprint density at radius 1 is 0.857 bits per heavy atom. The summed E-state index contributed by atoms with van der Waals surface area (Å²) in [5.41, 5.74) is 0.738. The number of likely N-dealkylation sites (tertiary alicyclic amines) is 2. The van der Waals surface area contributed by atoms with E-state index in [0.29, 0.717) is 19.0 Å². The Labute approximate surface area is 125 Å². The van der Waals surface area contributed by atoms with E-state index in [1.807, 2.05) is 40.1 Å². The molecule has 0 saturated carbocycles. The minimum absolute atomic E-state index is 0.0858. The standard InChI is InChI=1S/C17H22N2O2/c20-16(14-6-2-1-3-7-14)19-12-8-15(9-13-19)17(21)18-10-4-5-11-18/h1-3,6-7,15H,4-5,8-13H2. The first kappa shape index (κ1) is 14.1. The molecule has 4 heteroatoms. The van der Waals surface area contributed by atoms with Crippen molar-refractivity contribution in [3.8, 4) is 0 Å². The van der Waals surface area contributed by atoms with Crippen molar-refractivity contribution in [3.63, 3.8) is 0 Å². The first-order valence-electron chi connectivity index (χ1n) is 7.89. The van der Waals surface area contributed by atoms with E-state index in [4.69, 9.17) is 0 Å². The maximum absolute atomic E-state index is 12.4. The molecule has 0 bridgehead atoms. The van der Waals surface area contributed by atoms with Gasteiger partial charge in [-0.25, -0.2) is 0 Å². The van der Waals surface area contributed by atoms with Crippen molar-refractivity contribution in [2.24, 2.45) is 5.92 Å². The van der Waals surface area contributed by atoms with Crippen molar-refractivity contribution in [1.29, 1.82) is 0 Å². The van der Waals surface area contributed by atoms with Crippen molar-refractivity contribution in [2.75, 3.05) is 26.2 Å². The van der Waals surface area contributed by atoms with E-state index in [0.717, 1.165) is 44.3 Å². The minimum atomic E-state index is 0.0858. The molecule has 1 aromatic rings. The summed E-state index contributed by atoms with van der Waals surface area (Å²) in [5, 5.41) is 0. The van der Waals surface area contributed by atoms with Gasteiger partial charge in [0.25, 0.3) is 5.91 Å². The van der Waals surface area contributed by atoms with Crippen LogP contribution in [0.2, 0.25) is 0 Å². The van der Waals surface area contributed by atoms with E-state index in [1.54, 1.807) is 0 Å². The van der Waals surface area contributed by atoms with Gasteiger partial charge >= 0.3 is 0 Å². The van der Waals surface area contributed by atoms with E-state index in [-0.39, 0.29) is 11.8 Å². The highest BCUT2D eigenvalue weighted by atomic mass is 16.2. The molecule has 2 heterocycles. The van der Waals surface area contributed by atoms with E-state index in [9.17, 15) is 9.59 Å². The van der Waals surface area contributed by atoms with Crippen LogP contribution in [0, 0.1) is 5.92 Å². The zero-order valence-corrected chi connectivity index (χ0v) is 12.3. The molecule has 0 unspecified atom stereocenters. The van der Waals surface area contributed by atoms with Crippen molar-refractivity contribution < 1.29 is 9.59 Å². The first-order chi connectivity index (χ1) is 10.3. The van der Waals surface area contributed by atoms with E-state index >= 15 is 0 Å². The van der Waals surface area contributed by atoms with Crippen LogP contribution in [0.15, 0.2) is 30.3 Å². The van der Waals surface area contributed by atoms with E-state index < -0.39 is 0 Å². The quantitative estimate of drug-likeness (QED) is 0.836. The Balaban J connectivity index is 1.55. The molecule has 0 radical (unpaired) electrons. The van der Waals surface area contributed by atoms with Crippen LogP contribution >= 0.6 is 0 Å². The van der Waals surface area contributed by atoms with Gasteiger partial charge in [0.05, 0.1) is 0 Å². The molecule has 2 aliphatic rings. The number of benzene rings is 1. The lowest BCUT2D eigenvalue weighted by molar-refractivity contribution is -0.135. The zero-order chi connectivity index (χ0) is 14.7. The number of carbonyl (C=O) groups excluding carboxylic acids is 2. The van der Waals surface area contributed by atoms with E-state index in [2.05, 4.69) is 0 Å². The maximum Gasteiger partial charge on any atom is 0.253 e. The van der Waals surface area contributed by atoms with Crippen LogP contribution in [0.5, 0.6) is 0 Å². The number of hydrogen-bond acceptors (Lipinski definition) is 2. The molecule has 0 aromatic heterocycles. The third kappa shape index (κ3) is 3.09. The lowest BCUT2D eigenvalue weighted by atomic mass is 9.95. The number of amides is 2. The Morgan fingerprint density at radius 2 is 1.48 bits per heavy atom. The van der Waals surface area contributed by atoms with E-state index in [1.165, 1.54) is 0 Å². The van der Waals surface area contributed by atoms with Gasteiger partial charge in [-0.1, -0.05) is 18.2 Å². The van der Waals surface area contributed by atoms with Gasteiger partial charge in [-0.2, -0.15) is 0 Å². The van der Waals surface area contributed by atoms with Crippen LogP contribution in [-0.2, 0) is 4.79 Å². The highest BCUT2D eigenvalue weighted by Crippen LogP contribution is 2.23. The van der Waals surface area contributed by atoms with Crippen LogP contribution in [-0.4, -0.2) is 47.8 Å². The molecule has 1 aromatic carbocycles. The minimum Gasteiger partial charge on any atom is -0.342 e. The Hall–Kier alpha value is -1.84. The van der Waals surface area contributed by atoms with Gasteiger partial charge in [-0.05, 0) is 37.8 Å². The summed E-state index contributed by atoms with van der Waals surface area (Å²) < 4.78 is 0. The summed E-state index contributed by atoms with van der Waals surface area (Å²) in [7, 11) is 0. The van der Waals surface area contributed by atoms with Gasteiger partial charge in [-0.3, -0.25) is 9.59 Å². The summed E-state index contributed by atoms with van der Waals surface area (Å²) in [6.07, 6.45) is 3.87. The summed E-state index contributed by atoms with van der Waals surface area (Å²) in [6, 6.07) is 9.39. The summed E-state index contributed by atoms with van der Waals surface area (Å²) >= 11 is 0. The van der Waals surface area contributed by atoms with Crippen molar-refractivity contribution in [2.45, 2.75) is 25.7 Å². The smallest absolute Gasteiger partial charge is 0.253 e. The van der Waals surface area contributed by atoms with Crippen molar-refractivity contribution in [1.82, 2.24) is 9.80 Å². The molecule has 2 aliphatic heterocycles. The monoisotopic (exact) mass is 286 g/mol. The van der Waals surface area contributed by atoms with Crippen LogP contribution < -0.4 is 0 Å². The molecule has 0 atom stereocenters. The van der Waals surface area contributed by atoms with Gasteiger partial charge in [0.15, 0.2) is 0 Å². The largest absolute Gasteiger partial charge is 0.342 e. The zero-order valence-electron chi connectivity index (χ0n) is 12.3. The Morgan fingerprint density at radius 3 is 2.10 bits per heavy atom. The lowest BCUT2D eigenvalue weighted by Gasteiger charge is -2.33. The topological polar surface area (TPSA) is 40.6 Å². The Kier molecular flexibility index (Phi) is 4.23. The average Bonchev–Trinajstić information content (AvgIpc) is 3.09. The normalized spacial score (nSPS) is 19.8. The van der Waals surface area contributed by atoms with Crippen molar-refractivity contribution >= 4 is 11.8 Å². The molecule has 2 amide bonds. The molecule has 0 N–H and O–H groups in total. The second kappa shape index (κ2) is 6.29. The number of nitrogens with zero attached hydrogens (tertiary/aromatic N) is 2. The lowest BCUT2D eigenvalue weighted by Crippen LogP contribution is -2.43. The third-order valence-electron chi connectivity index (χ3n) is 4.57. The van der Waals surface area contributed by atoms with Crippen molar-refractivity contribution in [3.05, 3.63) is 35.9 Å². The number of rotatable bonds is 2. The predicted octanol–water partition coefficient (Wildman–Crippen LogP) is 2.16. The average molecular weight is 286 g/mol. The molecule has 2 saturated heterocycles.